The number of carbonyl (C=O) groups excluding carboxylic acids is 1. The summed E-state index contributed by atoms with van der Waals surface area (Å²) in [5.41, 5.74) is -7.03. The first-order valence-corrected chi connectivity index (χ1v) is 14.1. The van der Waals surface area contributed by atoms with Gasteiger partial charge in [0.15, 0.2) is 0 Å². The highest BCUT2D eigenvalue weighted by atomic mass is 19.4. The van der Waals surface area contributed by atoms with E-state index in [-0.39, 0.29) is 76.3 Å². The highest BCUT2D eigenvalue weighted by Crippen LogP contribution is 2.52. The Bertz CT molecular complexity index is 1150. The lowest BCUT2D eigenvalue weighted by molar-refractivity contribution is -0.376. The SMILES string of the molecule is CC(C)[C@]1(C(O)N2CCc3ccc(C(O)(C(F)(F)F)C(F)(F)F)cc3C2)CC[C@@H](N(C(=O)C(F)(F)F)C2CCOCC2)C1. The van der Waals surface area contributed by atoms with Crippen LogP contribution in [0.4, 0.5) is 39.5 Å². The summed E-state index contributed by atoms with van der Waals surface area (Å²) in [4.78, 5) is 15.0. The fraction of sp³-hybridized carbons (Fsp3) is 0.750. The molecule has 4 rings (SSSR count). The number of amides is 1. The van der Waals surface area contributed by atoms with Crippen LogP contribution >= 0.6 is 0 Å². The summed E-state index contributed by atoms with van der Waals surface area (Å²) in [6, 6.07) is 0.783. The molecule has 43 heavy (non-hydrogen) atoms. The van der Waals surface area contributed by atoms with Gasteiger partial charge in [-0.05, 0) is 55.6 Å². The predicted octanol–water partition coefficient (Wildman–Crippen LogP) is 5.44. The van der Waals surface area contributed by atoms with Gasteiger partial charge in [0.25, 0.3) is 5.60 Å². The maximum Gasteiger partial charge on any atom is 0.471 e. The molecule has 1 aliphatic carbocycles. The van der Waals surface area contributed by atoms with Gasteiger partial charge in [-0.1, -0.05) is 32.0 Å². The van der Waals surface area contributed by atoms with Crippen molar-refractivity contribution in [3.05, 3.63) is 34.9 Å². The number of aliphatic hydroxyl groups is 2. The Hall–Kier alpha value is -2.10. The van der Waals surface area contributed by atoms with E-state index in [0.717, 1.165) is 11.0 Å². The van der Waals surface area contributed by atoms with Crippen molar-refractivity contribution in [2.45, 2.75) is 101 Å². The van der Waals surface area contributed by atoms with Crippen LogP contribution in [0.15, 0.2) is 18.2 Å². The van der Waals surface area contributed by atoms with E-state index in [9.17, 15) is 54.5 Å². The summed E-state index contributed by atoms with van der Waals surface area (Å²) in [6.45, 7) is 3.88. The van der Waals surface area contributed by atoms with Crippen molar-refractivity contribution < 1.29 is 59.3 Å². The molecule has 0 spiro atoms. The molecule has 1 aromatic rings. The average molecular weight is 635 g/mol. The van der Waals surface area contributed by atoms with E-state index in [1.165, 1.54) is 4.90 Å². The number of hydrogen-bond donors (Lipinski definition) is 2. The summed E-state index contributed by atoms with van der Waals surface area (Å²) in [6.07, 6.45) is -17.5. The van der Waals surface area contributed by atoms with Gasteiger partial charge in [0, 0.05) is 49.4 Å². The fourth-order valence-corrected chi connectivity index (χ4v) is 6.98. The van der Waals surface area contributed by atoms with Gasteiger partial charge in [0.2, 0.25) is 0 Å². The smallest absolute Gasteiger partial charge is 0.381 e. The van der Waals surface area contributed by atoms with E-state index >= 15 is 0 Å². The van der Waals surface area contributed by atoms with Crippen molar-refractivity contribution in [1.29, 1.82) is 0 Å². The third kappa shape index (κ3) is 6.10. The van der Waals surface area contributed by atoms with Crippen molar-refractivity contribution in [3.63, 3.8) is 0 Å². The Labute approximate surface area is 242 Å². The molecule has 3 atom stereocenters. The van der Waals surface area contributed by atoms with E-state index in [4.69, 9.17) is 4.74 Å². The maximum atomic E-state index is 13.7. The highest BCUT2D eigenvalue weighted by Gasteiger charge is 2.71. The molecule has 2 aliphatic heterocycles. The Kier molecular flexibility index (Phi) is 9.18. The monoisotopic (exact) mass is 634 g/mol. The molecule has 1 unspecified atom stereocenters. The number of ether oxygens (including phenoxy) is 1. The fourth-order valence-electron chi connectivity index (χ4n) is 6.98. The van der Waals surface area contributed by atoms with Gasteiger partial charge in [-0.2, -0.15) is 39.5 Å². The van der Waals surface area contributed by atoms with Crippen molar-refractivity contribution in [3.8, 4) is 0 Å². The average Bonchev–Trinajstić information content (AvgIpc) is 3.37. The van der Waals surface area contributed by atoms with E-state index in [2.05, 4.69) is 0 Å². The third-order valence-electron chi connectivity index (χ3n) is 9.51. The Balaban J connectivity index is 1.62. The lowest BCUT2D eigenvalue weighted by Gasteiger charge is -2.46. The summed E-state index contributed by atoms with van der Waals surface area (Å²) in [5.74, 6) is -2.27. The van der Waals surface area contributed by atoms with E-state index in [1.54, 1.807) is 13.8 Å². The lowest BCUT2D eigenvalue weighted by atomic mass is 9.72. The molecule has 2 heterocycles. The second-order valence-corrected chi connectivity index (χ2v) is 12.1. The number of rotatable bonds is 6. The number of alkyl halides is 9. The first-order chi connectivity index (χ1) is 19.7. The van der Waals surface area contributed by atoms with Crippen LogP contribution in [0.3, 0.4) is 0 Å². The van der Waals surface area contributed by atoms with Crippen LogP contribution in [0.5, 0.6) is 0 Å². The molecule has 6 nitrogen and oxygen atoms in total. The molecule has 0 radical (unpaired) electrons. The molecule has 1 saturated carbocycles. The van der Waals surface area contributed by atoms with Crippen molar-refractivity contribution in [2.75, 3.05) is 19.8 Å². The van der Waals surface area contributed by atoms with Crippen molar-refractivity contribution in [2.24, 2.45) is 11.3 Å². The van der Waals surface area contributed by atoms with E-state index in [1.807, 2.05) is 0 Å². The Morgan fingerprint density at radius 2 is 1.58 bits per heavy atom. The second-order valence-electron chi connectivity index (χ2n) is 12.1. The summed E-state index contributed by atoms with van der Waals surface area (Å²) in [7, 11) is 0. The van der Waals surface area contributed by atoms with Crippen LogP contribution in [0, 0.1) is 11.3 Å². The molecule has 2 N–H and O–H groups in total. The van der Waals surface area contributed by atoms with Crippen LogP contribution in [0.2, 0.25) is 0 Å². The quantitative estimate of drug-likeness (QED) is 0.408. The number of hydrogen-bond acceptors (Lipinski definition) is 5. The van der Waals surface area contributed by atoms with Gasteiger partial charge in [-0.25, -0.2) is 0 Å². The van der Waals surface area contributed by atoms with Crippen LogP contribution in [0.1, 0.15) is 62.6 Å². The number of aliphatic hydroxyl groups excluding tert-OH is 1. The van der Waals surface area contributed by atoms with Crippen LogP contribution in [0.25, 0.3) is 0 Å². The Morgan fingerprint density at radius 3 is 2.12 bits per heavy atom. The van der Waals surface area contributed by atoms with Gasteiger partial charge in [0.05, 0.1) is 0 Å². The molecule has 0 bridgehead atoms. The van der Waals surface area contributed by atoms with Gasteiger partial charge in [-0.3, -0.25) is 9.69 Å². The van der Waals surface area contributed by atoms with E-state index in [0.29, 0.717) is 17.7 Å². The zero-order valence-corrected chi connectivity index (χ0v) is 23.6. The largest absolute Gasteiger partial charge is 0.471 e. The molecule has 1 amide bonds. The molecule has 1 aromatic carbocycles. The first kappa shape index (κ1) is 33.8. The zero-order chi connectivity index (χ0) is 32.2. The maximum absolute atomic E-state index is 13.7. The number of fused-ring (bicyclic) bond motifs is 1. The van der Waals surface area contributed by atoms with E-state index < -0.39 is 59.3 Å². The summed E-state index contributed by atoms with van der Waals surface area (Å²) >= 11 is 0. The van der Waals surface area contributed by atoms with Crippen molar-refractivity contribution >= 4 is 5.91 Å². The predicted molar refractivity (Wildman–Crippen MR) is 134 cm³/mol. The molecule has 3 aliphatic rings. The molecule has 244 valence electrons. The summed E-state index contributed by atoms with van der Waals surface area (Å²) in [5, 5.41) is 21.6. The summed E-state index contributed by atoms with van der Waals surface area (Å²) < 4.78 is 127. The van der Waals surface area contributed by atoms with Crippen LogP contribution in [-0.4, -0.2) is 82.5 Å². The topological polar surface area (TPSA) is 73.2 Å². The Morgan fingerprint density at radius 1 is 0.977 bits per heavy atom. The zero-order valence-electron chi connectivity index (χ0n) is 23.6. The highest BCUT2D eigenvalue weighted by molar-refractivity contribution is 5.82. The lowest BCUT2D eigenvalue weighted by Crippen LogP contribution is -2.55. The van der Waals surface area contributed by atoms with Crippen LogP contribution in [-0.2, 0) is 28.1 Å². The molecule has 15 heteroatoms. The third-order valence-corrected chi connectivity index (χ3v) is 9.51. The number of carbonyl (C=O) groups is 1. The molecule has 2 fully saturated rings. The minimum Gasteiger partial charge on any atom is -0.381 e. The standard InChI is InChI=1S/C28H35F9N2O4/c1-16(2)24(9-5-21(14-24)39(23(41)26(29,30)31)20-7-11-43-12-8-20)22(40)38-10-6-17-3-4-19(13-18(17)15-38)25(42,27(32,33)34)28(35,36)37/h3-4,13,16,20-22,40,42H,5-12,14-15H2,1-2H3/t21-,22?,24+/m1/s1. The normalized spacial score (nSPS) is 25.6. The number of halogens is 9. The van der Waals surface area contributed by atoms with Gasteiger partial charge in [-0.15, -0.1) is 0 Å². The van der Waals surface area contributed by atoms with Crippen LogP contribution < -0.4 is 0 Å². The minimum atomic E-state index is -6.06. The van der Waals surface area contributed by atoms with Crippen molar-refractivity contribution in [1.82, 2.24) is 9.80 Å². The molecular formula is C28H35F9N2O4. The van der Waals surface area contributed by atoms with Gasteiger partial charge < -0.3 is 19.8 Å². The molecular weight excluding hydrogens is 599 g/mol. The molecule has 1 saturated heterocycles. The first-order valence-electron chi connectivity index (χ1n) is 14.1. The van der Waals surface area contributed by atoms with Gasteiger partial charge in [0.1, 0.15) is 6.23 Å². The van der Waals surface area contributed by atoms with Gasteiger partial charge >= 0.3 is 24.4 Å². The second kappa shape index (κ2) is 11.7. The minimum absolute atomic E-state index is 0.0241. The number of benzene rings is 1. The number of nitrogens with zero attached hydrogens (tertiary/aromatic N) is 2. The molecule has 0 aromatic heterocycles.